The average molecular weight is 456 g/mol. The maximum atomic E-state index is 12.9. The third-order valence-corrected chi connectivity index (χ3v) is 5.23. The summed E-state index contributed by atoms with van der Waals surface area (Å²) < 4.78 is 5.01. The summed E-state index contributed by atoms with van der Waals surface area (Å²) in [4.78, 5) is 47.9. The summed E-state index contributed by atoms with van der Waals surface area (Å²) in [5.41, 5.74) is 7.15. The minimum atomic E-state index is -1.24. The normalized spacial score (nSPS) is 13.0. The Bertz CT molecular complexity index is 1010. The highest BCUT2D eigenvalue weighted by Crippen LogP contribution is 2.27. The van der Waals surface area contributed by atoms with E-state index in [1.807, 2.05) is 12.1 Å². The zero-order valence-electron chi connectivity index (χ0n) is 19.2. The van der Waals surface area contributed by atoms with Gasteiger partial charge >= 0.3 is 5.97 Å². The first-order valence-electron chi connectivity index (χ1n) is 10.5. The van der Waals surface area contributed by atoms with Crippen molar-refractivity contribution in [2.75, 3.05) is 6.61 Å². The Kier molecular flexibility index (Phi) is 8.28. The number of nitrogens with two attached hydrogens (primary N) is 1. The lowest BCUT2D eigenvalue weighted by Crippen LogP contribution is -2.48. The standard InChI is InChI=1S/C24H29N3O6/c1-5-33-20(28)14-19(15-8-12-18(13-9-15)27(31)32)21(22(25)29)26-23(30)16-6-10-17(11-7-16)24(2,3)4/h6-13,19,21H,5,14H2,1-4H3,(H2,25,29)(H,26,30)/t19-,21+/m1/s1. The van der Waals surface area contributed by atoms with Gasteiger partial charge in [0.2, 0.25) is 5.91 Å². The van der Waals surface area contributed by atoms with Crippen molar-refractivity contribution in [1.82, 2.24) is 5.32 Å². The lowest BCUT2D eigenvalue weighted by molar-refractivity contribution is -0.384. The van der Waals surface area contributed by atoms with Crippen LogP contribution in [-0.4, -0.2) is 35.4 Å². The van der Waals surface area contributed by atoms with Crippen LogP contribution in [0.25, 0.3) is 0 Å². The van der Waals surface area contributed by atoms with E-state index < -0.39 is 34.7 Å². The maximum absolute atomic E-state index is 12.9. The van der Waals surface area contributed by atoms with E-state index in [4.69, 9.17) is 10.5 Å². The van der Waals surface area contributed by atoms with Crippen molar-refractivity contribution in [2.24, 2.45) is 5.73 Å². The van der Waals surface area contributed by atoms with Crippen molar-refractivity contribution in [3.63, 3.8) is 0 Å². The molecule has 2 aromatic rings. The number of non-ortho nitro benzene ring substituents is 1. The summed E-state index contributed by atoms with van der Waals surface area (Å²) in [5, 5.41) is 13.6. The molecule has 33 heavy (non-hydrogen) atoms. The summed E-state index contributed by atoms with van der Waals surface area (Å²) in [6.45, 7) is 7.94. The Hall–Kier alpha value is -3.75. The van der Waals surface area contributed by atoms with E-state index >= 15 is 0 Å². The van der Waals surface area contributed by atoms with E-state index in [1.165, 1.54) is 24.3 Å². The van der Waals surface area contributed by atoms with Crippen molar-refractivity contribution in [3.05, 3.63) is 75.3 Å². The number of nitrogens with one attached hydrogen (secondary N) is 1. The molecule has 0 bridgehead atoms. The van der Waals surface area contributed by atoms with Gasteiger partial charge < -0.3 is 15.8 Å². The molecule has 2 rings (SSSR count). The highest BCUT2D eigenvalue weighted by molar-refractivity contribution is 5.97. The highest BCUT2D eigenvalue weighted by atomic mass is 16.6. The summed E-state index contributed by atoms with van der Waals surface area (Å²) in [7, 11) is 0. The van der Waals surface area contributed by atoms with E-state index in [-0.39, 0.29) is 24.1 Å². The zero-order chi connectivity index (χ0) is 24.8. The van der Waals surface area contributed by atoms with Crippen LogP contribution in [0, 0.1) is 10.1 Å². The van der Waals surface area contributed by atoms with Gasteiger partial charge in [-0.2, -0.15) is 0 Å². The number of carbonyl (C=O) groups excluding carboxylic acids is 3. The van der Waals surface area contributed by atoms with Crippen molar-refractivity contribution >= 4 is 23.5 Å². The van der Waals surface area contributed by atoms with Gasteiger partial charge in [0.25, 0.3) is 11.6 Å². The monoisotopic (exact) mass is 455 g/mol. The van der Waals surface area contributed by atoms with Gasteiger partial charge in [0.15, 0.2) is 0 Å². The number of primary amides is 1. The number of ether oxygens (including phenoxy) is 1. The molecule has 9 nitrogen and oxygen atoms in total. The molecule has 0 aromatic heterocycles. The molecule has 9 heteroatoms. The molecule has 0 heterocycles. The molecule has 0 saturated heterocycles. The molecular weight excluding hydrogens is 426 g/mol. The molecule has 0 unspecified atom stereocenters. The average Bonchev–Trinajstić information content (AvgIpc) is 2.75. The van der Waals surface area contributed by atoms with E-state index in [2.05, 4.69) is 26.1 Å². The summed E-state index contributed by atoms with van der Waals surface area (Å²) >= 11 is 0. The minimum Gasteiger partial charge on any atom is -0.466 e. The quantitative estimate of drug-likeness (QED) is 0.338. The lowest BCUT2D eigenvalue weighted by Gasteiger charge is -2.26. The van der Waals surface area contributed by atoms with Crippen LogP contribution in [-0.2, 0) is 19.7 Å². The number of amides is 2. The third-order valence-electron chi connectivity index (χ3n) is 5.23. The van der Waals surface area contributed by atoms with Crippen LogP contribution in [0.3, 0.4) is 0 Å². The largest absolute Gasteiger partial charge is 0.466 e. The molecule has 0 radical (unpaired) electrons. The van der Waals surface area contributed by atoms with Crippen LogP contribution in [0.2, 0.25) is 0 Å². The number of nitro groups is 1. The van der Waals surface area contributed by atoms with Gasteiger partial charge in [0.1, 0.15) is 6.04 Å². The van der Waals surface area contributed by atoms with Gasteiger partial charge in [0, 0.05) is 23.6 Å². The van der Waals surface area contributed by atoms with E-state index in [0.717, 1.165) is 5.56 Å². The Labute approximate surface area is 192 Å². The van der Waals surface area contributed by atoms with Crippen LogP contribution in [0.4, 0.5) is 5.69 Å². The van der Waals surface area contributed by atoms with Crippen LogP contribution < -0.4 is 11.1 Å². The van der Waals surface area contributed by atoms with Crippen molar-refractivity contribution in [2.45, 2.75) is 51.5 Å². The van der Waals surface area contributed by atoms with E-state index in [0.29, 0.717) is 11.1 Å². The number of nitro benzene ring substituents is 1. The molecule has 176 valence electrons. The highest BCUT2D eigenvalue weighted by Gasteiger charge is 2.32. The molecule has 0 spiro atoms. The van der Waals surface area contributed by atoms with Crippen LogP contribution in [0.1, 0.15) is 61.5 Å². The smallest absolute Gasteiger partial charge is 0.306 e. The number of nitrogens with zero attached hydrogens (tertiary/aromatic N) is 1. The van der Waals surface area contributed by atoms with Gasteiger partial charge in [-0.1, -0.05) is 45.0 Å². The second-order valence-corrected chi connectivity index (χ2v) is 8.65. The zero-order valence-corrected chi connectivity index (χ0v) is 19.2. The van der Waals surface area contributed by atoms with E-state index in [9.17, 15) is 24.5 Å². The molecular formula is C24H29N3O6. The third kappa shape index (κ3) is 6.86. The summed E-state index contributed by atoms with van der Waals surface area (Å²) in [5.74, 6) is -2.84. The maximum Gasteiger partial charge on any atom is 0.306 e. The van der Waals surface area contributed by atoms with Crippen molar-refractivity contribution in [3.8, 4) is 0 Å². The Morgan fingerprint density at radius 2 is 1.64 bits per heavy atom. The van der Waals surface area contributed by atoms with Crippen LogP contribution in [0.15, 0.2) is 48.5 Å². The Balaban J connectivity index is 2.35. The second-order valence-electron chi connectivity index (χ2n) is 8.65. The molecule has 2 amide bonds. The molecule has 2 aromatic carbocycles. The van der Waals surface area contributed by atoms with Gasteiger partial charge in [-0.3, -0.25) is 24.5 Å². The first-order valence-corrected chi connectivity index (χ1v) is 10.5. The van der Waals surface area contributed by atoms with Gasteiger partial charge in [-0.15, -0.1) is 0 Å². The summed E-state index contributed by atoms with van der Waals surface area (Å²) in [6.07, 6.45) is -0.248. The van der Waals surface area contributed by atoms with Crippen LogP contribution >= 0.6 is 0 Å². The molecule has 0 aliphatic heterocycles. The first kappa shape index (κ1) is 25.5. The van der Waals surface area contributed by atoms with E-state index in [1.54, 1.807) is 19.1 Å². The van der Waals surface area contributed by atoms with Gasteiger partial charge in [-0.25, -0.2) is 0 Å². The number of carbonyl (C=O) groups is 3. The van der Waals surface area contributed by atoms with Crippen LogP contribution in [0.5, 0.6) is 0 Å². The molecule has 0 fully saturated rings. The Morgan fingerprint density at radius 3 is 2.09 bits per heavy atom. The number of hydrogen-bond acceptors (Lipinski definition) is 6. The number of rotatable bonds is 9. The Morgan fingerprint density at radius 1 is 1.06 bits per heavy atom. The second kappa shape index (κ2) is 10.7. The molecule has 3 N–H and O–H groups in total. The predicted octanol–water partition coefficient (Wildman–Crippen LogP) is 3.21. The van der Waals surface area contributed by atoms with Crippen molar-refractivity contribution in [1.29, 1.82) is 0 Å². The summed E-state index contributed by atoms with van der Waals surface area (Å²) in [6, 6.07) is 11.1. The fourth-order valence-electron chi connectivity index (χ4n) is 3.39. The fraction of sp³-hybridized carbons (Fsp3) is 0.375. The first-order chi connectivity index (χ1) is 15.4. The predicted molar refractivity (Wildman–Crippen MR) is 123 cm³/mol. The number of esters is 1. The van der Waals surface area contributed by atoms with Crippen molar-refractivity contribution < 1.29 is 24.0 Å². The SMILES string of the molecule is CCOC(=O)C[C@H](c1ccc([N+](=O)[O-])cc1)[C@H](NC(=O)c1ccc(C(C)(C)C)cc1)C(N)=O. The molecule has 0 aliphatic carbocycles. The fourth-order valence-corrected chi connectivity index (χ4v) is 3.39. The number of hydrogen-bond donors (Lipinski definition) is 2. The lowest BCUT2D eigenvalue weighted by atomic mass is 9.86. The molecule has 2 atom stereocenters. The van der Waals surface area contributed by atoms with Gasteiger partial charge in [-0.05, 0) is 35.6 Å². The topological polar surface area (TPSA) is 142 Å². The minimum absolute atomic E-state index is 0.0918. The molecule has 0 aliphatic rings. The number of benzene rings is 2. The van der Waals surface area contributed by atoms with Gasteiger partial charge in [0.05, 0.1) is 18.0 Å². The molecule has 0 saturated carbocycles.